The fourth-order valence-electron chi connectivity index (χ4n) is 4.19. The standard InChI is InChI=1S/C17H26FN/c1-3-9-16(10-4-2)11-17(12-16,13-19)14-5-7-15(18)8-6-14/h5-8H,3-4,9-13,19H2,1-2H3. The van der Waals surface area contributed by atoms with Crippen LogP contribution in [-0.2, 0) is 5.41 Å². The van der Waals surface area contributed by atoms with E-state index in [1.807, 2.05) is 12.1 Å². The van der Waals surface area contributed by atoms with Gasteiger partial charge >= 0.3 is 0 Å². The van der Waals surface area contributed by atoms with Crippen molar-refractivity contribution in [2.75, 3.05) is 6.54 Å². The lowest BCUT2D eigenvalue weighted by Crippen LogP contribution is -2.53. The zero-order valence-electron chi connectivity index (χ0n) is 12.2. The molecule has 0 aliphatic heterocycles. The summed E-state index contributed by atoms with van der Waals surface area (Å²) in [7, 11) is 0. The molecule has 2 heteroatoms. The zero-order valence-corrected chi connectivity index (χ0v) is 12.2. The minimum absolute atomic E-state index is 0.0953. The van der Waals surface area contributed by atoms with Crippen LogP contribution in [0.4, 0.5) is 4.39 Å². The summed E-state index contributed by atoms with van der Waals surface area (Å²) in [6, 6.07) is 6.97. The molecule has 19 heavy (non-hydrogen) atoms. The van der Waals surface area contributed by atoms with E-state index < -0.39 is 0 Å². The molecule has 2 rings (SSSR count). The third-order valence-corrected chi connectivity index (χ3v) is 4.83. The summed E-state index contributed by atoms with van der Waals surface area (Å²) in [5.41, 5.74) is 7.86. The van der Waals surface area contributed by atoms with E-state index in [0.29, 0.717) is 12.0 Å². The maximum Gasteiger partial charge on any atom is 0.123 e. The Kier molecular flexibility index (Phi) is 4.29. The highest BCUT2D eigenvalue weighted by atomic mass is 19.1. The normalized spacial score (nSPS) is 20.0. The van der Waals surface area contributed by atoms with Crippen LogP contribution < -0.4 is 5.73 Å². The predicted octanol–water partition coefficient (Wildman–Crippen LogP) is 4.40. The van der Waals surface area contributed by atoms with Gasteiger partial charge in [-0.2, -0.15) is 0 Å². The van der Waals surface area contributed by atoms with Crippen molar-refractivity contribution < 1.29 is 4.39 Å². The first-order valence-electron chi connectivity index (χ1n) is 7.56. The van der Waals surface area contributed by atoms with Crippen LogP contribution in [0.3, 0.4) is 0 Å². The van der Waals surface area contributed by atoms with Gasteiger partial charge in [0.05, 0.1) is 0 Å². The van der Waals surface area contributed by atoms with E-state index in [1.54, 1.807) is 12.1 Å². The van der Waals surface area contributed by atoms with Gasteiger partial charge in [0.15, 0.2) is 0 Å². The molecule has 0 heterocycles. The Morgan fingerprint density at radius 1 is 1.05 bits per heavy atom. The highest BCUT2D eigenvalue weighted by Crippen LogP contribution is 2.59. The average Bonchev–Trinajstić information content (AvgIpc) is 2.36. The topological polar surface area (TPSA) is 26.0 Å². The molecule has 1 aliphatic carbocycles. The fourth-order valence-corrected chi connectivity index (χ4v) is 4.19. The van der Waals surface area contributed by atoms with Crippen LogP contribution in [-0.4, -0.2) is 6.54 Å². The molecule has 1 fully saturated rings. The molecule has 0 spiro atoms. The van der Waals surface area contributed by atoms with E-state index in [2.05, 4.69) is 13.8 Å². The van der Waals surface area contributed by atoms with Crippen molar-refractivity contribution in [1.82, 2.24) is 0 Å². The van der Waals surface area contributed by atoms with Crippen molar-refractivity contribution >= 4 is 0 Å². The molecule has 1 aromatic carbocycles. The Morgan fingerprint density at radius 2 is 1.58 bits per heavy atom. The average molecular weight is 263 g/mol. The quantitative estimate of drug-likeness (QED) is 0.808. The van der Waals surface area contributed by atoms with Gasteiger partial charge in [-0.25, -0.2) is 4.39 Å². The summed E-state index contributed by atoms with van der Waals surface area (Å²) in [6.07, 6.45) is 7.41. The van der Waals surface area contributed by atoms with Crippen LogP contribution in [0, 0.1) is 11.2 Å². The van der Waals surface area contributed by atoms with E-state index in [1.165, 1.54) is 44.1 Å². The van der Waals surface area contributed by atoms with Gasteiger partial charge in [0.2, 0.25) is 0 Å². The summed E-state index contributed by atoms with van der Waals surface area (Å²) in [4.78, 5) is 0. The molecule has 0 amide bonds. The fraction of sp³-hybridized carbons (Fsp3) is 0.647. The molecule has 0 aromatic heterocycles. The van der Waals surface area contributed by atoms with E-state index in [-0.39, 0.29) is 11.2 Å². The minimum Gasteiger partial charge on any atom is -0.330 e. The van der Waals surface area contributed by atoms with E-state index >= 15 is 0 Å². The molecule has 1 saturated carbocycles. The highest BCUT2D eigenvalue weighted by Gasteiger charge is 2.53. The van der Waals surface area contributed by atoms with Crippen LogP contribution >= 0.6 is 0 Å². The minimum atomic E-state index is -0.163. The Balaban J connectivity index is 2.17. The number of halogens is 1. The lowest BCUT2D eigenvalue weighted by atomic mass is 9.48. The lowest BCUT2D eigenvalue weighted by Gasteiger charge is -2.57. The van der Waals surface area contributed by atoms with Gasteiger partial charge in [0.25, 0.3) is 0 Å². The number of hydrogen-bond donors (Lipinski definition) is 1. The van der Waals surface area contributed by atoms with Gasteiger partial charge in [0.1, 0.15) is 5.82 Å². The van der Waals surface area contributed by atoms with Crippen LogP contribution in [0.5, 0.6) is 0 Å². The monoisotopic (exact) mass is 263 g/mol. The molecule has 0 radical (unpaired) electrons. The Hall–Kier alpha value is -0.890. The number of rotatable bonds is 6. The summed E-state index contributed by atoms with van der Waals surface area (Å²) in [6.45, 7) is 5.20. The molecule has 1 nitrogen and oxygen atoms in total. The van der Waals surface area contributed by atoms with Gasteiger partial charge in [-0.15, -0.1) is 0 Å². The second-order valence-corrected chi connectivity index (χ2v) is 6.34. The van der Waals surface area contributed by atoms with Crippen molar-refractivity contribution in [3.05, 3.63) is 35.6 Å². The molecule has 0 atom stereocenters. The first-order chi connectivity index (χ1) is 9.10. The summed E-state index contributed by atoms with van der Waals surface area (Å²) >= 11 is 0. The van der Waals surface area contributed by atoms with E-state index in [9.17, 15) is 4.39 Å². The summed E-state index contributed by atoms with van der Waals surface area (Å²) in [5.74, 6) is -0.163. The van der Waals surface area contributed by atoms with Crippen molar-refractivity contribution in [3.63, 3.8) is 0 Å². The zero-order chi connectivity index (χ0) is 13.9. The third-order valence-electron chi connectivity index (χ3n) is 4.83. The first-order valence-corrected chi connectivity index (χ1v) is 7.56. The molecular formula is C17H26FN. The van der Waals surface area contributed by atoms with Crippen molar-refractivity contribution in [2.45, 2.75) is 57.8 Å². The molecule has 0 saturated heterocycles. The van der Waals surface area contributed by atoms with Crippen molar-refractivity contribution in [2.24, 2.45) is 11.1 Å². The van der Waals surface area contributed by atoms with Crippen LogP contribution in [0.2, 0.25) is 0 Å². The Bertz CT molecular complexity index is 396. The Morgan fingerprint density at radius 3 is 2.00 bits per heavy atom. The molecule has 2 N–H and O–H groups in total. The SMILES string of the molecule is CCCC1(CCC)CC(CN)(c2ccc(F)cc2)C1. The van der Waals surface area contributed by atoms with Crippen molar-refractivity contribution in [3.8, 4) is 0 Å². The Labute approximate surface area is 116 Å². The number of nitrogens with two attached hydrogens (primary N) is 1. The molecule has 0 bridgehead atoms. The molecule has 1 aromatic rings. The predicted molar refractivity (Wildman–Crippen MR) is 78.6 cm³/mol. The van der Waals surface area contributed by atoms with Gasteiger partial charge in [-0.3, -0.25) is 0 Å². The van der Waals surface area contributed by atoms with Crippen molar-refractivity contribution in [1.29, 1.82) is 0 Å². The van der Waals surface area contributed by atoms with Gasteiger partial charge in [0, 0.05) is 12.0 Å². The second-order valence-electron chi connectivity index (χ2n) is 6.34. The highest BCUT2D eigenvalue weighted by molar-refractivity contribution is 5.31. The van der Waals surface area contributed by atoms with E-state index in [0.717, 1.165) is 0 Å². The molecule has 106 valence electrons. The number of benzene rings is 1. The molecule has 0 unspecified atom stereocenters. The second kappa shape index (κ2) is 5.62. The smallest absolute Gasteiger partial charge is 0.123 e. The summed E-state index contributed by atoms with van der Waals surface area (Å²) in [5, 5.41) is 0. The maximum absolute atomic E-state index is 13.1. The number of hydrogen-bond acceptors (Lipinski definition) is 1. The first kappa shape index (κ1) is 14.5. The third kappa shape index (κ3) is 2.69. The maximum atomic E-state index is 13.1. The van der Waals surface area contributed by atoms with Gasteiger partial charge in [-0.1, -0.05) is 38.8 Å². The van der Waals surface area contributed by atoms with Crippen LogP contribution in [0.25, 0.3) is 0 Å². The lowest BCUT2D eigenvalue weighted by molar-refractivity contribution is 0.00781. The van der Waals surface area contributed by atoms with Crippen LogP contribution in [0.15, 0.2) is 24.3 Å². The largest absolute Gasteiger partial charge is 0.330 e. The molecular weight excluding hydrogens is 237 g/mol. The molecule has 1 aliphatic rings. The summed E-state index contributed by atoms with van der Waals surface area (Å²) < 4.78 is 13.1. The van der Waals surface area contributed by atoms with Crippen LogP contribution in [0.1, 0.15) is 57.9 Å². The van der Waals surface area contributed by atoms with E-state index in [4.69, 9.17) is 5.73 Å². The van der Waals surface area contributed by atoms with Gasteiger partial charge in [-0.05, 0) is 48.8 Å². The van der Waals surface area contributed by atoms with Gasteiger partial charge < -0.3 is 5.73 Å².